The van der Waals surface area contributed by atoms with E-state index in [0.717, 1.165) is 51.9 Å². The molecule has 38 heavy (non-hydrogen) atoms. The average Bonchev–Trinajstić information content (AvgIpc) is 3.71. The summed E-state index contributed by atoms with van der Waals surface area (Å²) in [5.41, 5.74) is 2.59. The van der Waals surface area contributed by atoms with Gasteiger partial charge in [0.05, 0.1) is 33.6 Å². The second-order valence-corrected chi connectivity index (χ2v) is 11.8. The third kappa shape index (κ3) is 5.82. The first-order valence-electron chi connectivity index (χ1n) is 12.2. The van der Waals surface area contributed by atoms with E-state index in [9.17, 15) is 4.79 Å². The van der Waals surface area contributed by atoms with Crippen molar-refractivity contribution in [2.24, 2.45) is 4.99 Å². The number of thiazole rings is 1. The molecule has 0 spiro atoms. The summed E-state index contributed by atoms with van der Waals surface area (Å²) in [7, 11) is 0. The molecule has 192 valence electrons. The number of hydrogen-bond acceptors (Lipinski definition) is 10. The van der Waals surface area contributed by atoms with Crippen LogP contribution in [0, 0.1) is 0 Å². The monoisotopic (exact) mass is 561 g/mol. The molecule has 1 amide bonds. The number of carbonyl (C=O) groups excluding carboxylic acids is 1. The summed E-state index contributed by atoms with van der Waals surface area (Å²) in [5, 5.41) is 13.3. The zero-order valence-electron chi connectivity index (χ0n) is 20.3. The Labute approximate surface area is 231 Å². The second-order valence-electron chi connectivity index (χ2n) is 8.59. The number of aliphatic imine (C=N–C) groups is 1. The molecule has 0 N–H and O–H groups in total. The van der Waals surface area contributed by atoms with E-state index in [4.69, 9.17) is 4.42 Å². The third-order valence-electron chi connectivity index (χ3n) is 5.96. The highest BCUT2D eigenvalue weighted by atomic mass is 32.2. The van der Waals surface area contributed by atoms with Gasteiger partial charge in [0.2, 0.25) is 11.1 Å². The first-order chi connectivity index (χ1) is 18.7. The van der Waals surface area contributed by atoms with E-state index in [1.807, 2.05) is 65.6 Å². The van der Waals surface area contributed by atoms with Crippen molar-refractivity contribution >= 4 is 62.9 Å². The van der Waals surface area contributed by atoms with Crippen LogP contribution in [0.5, 0.6) is 0 Å². The summed E-state index contributed by atoms with van der Waals surface area (Å²) >= 11 is 4.44. The van der Waals surface area contributed by atoms with Gasteiger partial charge in [-0.2, -0.15) is 4.68 Å². The minimum absolute atomic E-state index is 0.201. The molecule has 5 aromatic rings. The number of nitrogens with zero attached hydrogens (tertiary/aromatic N) is 7. The Bertz CT molecular complexity index is 1570. The van der Waals surface area contributed by atoms with Gasteiger partial charge in [-0.25, -0.2) is 4.98 Å². The summed E-state index contributed by atoms with van der Waals surface area (Å²) < 4.78 is 9.53. The molecule has 3 aromatic heterocycles. The number of tetrazole rings is 1. The highest BCUT2D eigenvalue weighted by Crippen LogP contribution is 2.33. The number of aromatic nitrogens is 5. The molecule has 0 saturated carbocycles. The molecule has 12 heteroatoms. The quantitative estimate of drug-likeness (QED) is 0.171. The first-order valence-corrected chi connectivity index (χ1v) is 14.8. The summed E-state index contributed by atoms with van der Waals surface area (Å²) in [5.74, 6) is 1.26. The number of likely N-dealkylation sites (tertiary alicyclic amines) is 1. The summed E-state index contributed by atoms with van der Waals surface area (Å²) in [6.07, 6.45) is 5.12. The van der Waals surface area contributed by atoms with Crippen molar-refractivity contribution < 1.29 is 9.21 Å². The van der Waals surface area contributed by atoms with Crippen molar-refractivity contribution in [1.29, 1.82) is 0 Å². The van der Waals surface area contributed by atoms with Crippen LogP contribution in [0.4, 0.5) is 5.69 Å². The van der Waals surface area contributed by atoms with E-state index in [2.05, 4.69) is 25.5 Å². The molecule has 1 aliphatic rings. The maximum absolute atomic E-state index is 12.5. The predicted molar refractivity (Wildman–Crippen MR) is 150 cm³/mol. The molecule has 2 aromatic carbocycles. The van der Waals surface area contributed by atoms with Gasteiger partial charge >= 0.3 is 0 Å². The Hall–Kier alpha value is -3.48. The van der Waals surface area contributed by atoms with Crippen LogP contribution >= 0.6 is 34.9 Å². The Morgan fingerprint density at radius 2 is 1.95 bits per heavy atom. The van der Waals surface area contributed by atoms with Gasteiger partial charge in [-0.3, -0.25) is 9.79 Å². The van der Waals surface area contributed by atoms with Crippen LogP contribution in [0.25, 0.3) is 15.9 Å². The molecule has 0 atom stereocenters. The van der Waals surface area contributed by atoms with E-state index in [1.165, 1.54) is 29.9 Å². The Morgan fingerprint density at radius 1 is 1.08 bits per heavy atom. The van der Waals surface area contributed by atoms with E-state index in [-0.39, 0.29) is 5.91 Å². The zero-order valence-corrected chi connectivity index (χ0v) is 22.7. The molecule has 1 aliphatic heterocycles. The maximum Gasteiger partial charge on any atom is 0.233 e. The van der Waals surface area contributed by atoms with Crippen LogP contribution in [0.15, 0.2) is 84.7 Å². The van der Waals surface area contributed by atoms with Gasteiger partial charge in [-0.1, -0.05) is 30.0 Å². The molecular weight excluding hydrogens is 539 g/mol. The SMILES string of the molecule is O=C(CSc1nc2ccc(N=Cc3ccc(Sc4nnnn4-c4ccccc4)o3)cc2s1)N1CCCCC1. The predicted octanol–water partition coefficient (Wildman–Crippen LogP) is 5.87. The minimum Gasteiger partial charge on any atom is -0.448 e. The van der Waals surface area contributed by atoms with Crippen LogP contribution in [0.1, 0.15) is 25.0 Å². The van der Waals surface area contributed by atoms with Gasteiger partial charge in [0, 0.05) is 13.1 Å². The van der Waals surface area contributed by atoms with E-state index in [0.29, 0.717) is 21.8 Å². The van der Waals surface area contributed by atoms with Crippen molar-refractivity contribution in [2.45, 2.75) is 33.9 Å². The fourth-order valence-electron chi connectivity index (χ4n) is 4.05. The molecule has 9 nitrogen and oxygen atoms in total. The number of benzene rings is 2. The van der Waals surface area contributed by atoms with Crippen LogP contribution in [0.3, 0.4) is 0 Å². The topological polar surface area (TPSA) is 102 Å². The molecule has 4 heterocycles. The van der Waals surface area contributed by atoms with E-state index in [1.54, 1.807) is 22.2 Å². The van der Waals surface area contributed by atoms with Gasteiger partial charge in [0.15, 0.2) is 9.43 Å². The van der Waals surface area contributed by atoms with Crippen LogP contribution in [0.2, 0.25) is 0 Å². The van der Waals surface area contributed by atoms with Gasteiger partial charge in [0.25, 0.3) is 0 Å². The van der Waals surface area contributed by atoms with Crippen LogP contribution < -0.4 is 0 Å². The molecule has 0 unspecified atom stereocenters. The first kappa shape index (κ1) is 24.8. The van der Waals surface area contributed by atoms with Crippen molar-refractivity contribution in [1.82, 2.24) is 30.1 Å². The molecule has 0 aliphatic carbocycles. The second kappa shape index (κ2) is 11.5. The molecule has 6 rings (SSSR count). The zero-order chi connectivity index (χ0) is 25.7. The van der Waals surface area contributed by atoms with E-state index >= 15 is 0 Å². The number of amides is 1. The van der Waals surface area contributed by atoms with Gasteiger partial charge < -0.3 is 9.32 Å². The molecular formula is C26H23N7O2S3. The Kier molecular flexibility index (Phi) is 7.52. The van der Waals surface area contributed by atoms with E-state index < -0.39 is 0 Å². The molecule has 0 radical (unpaired) electrons. The number of piperidine rings is 1. The summed E-state index contributed by atoms with van der Waals surface area (Å²) in [6.45, 7) is 1.76. The third-order valence-corrected chi connectivity index (χ3v) is 8.96. The number of hydrogen-bond donors (Lipinski definition) is 0. The summed E-state index contributed by atoms with van der Waals surface area (Å²) in [4.78, 5) is 23.7. The van der Waals surface area contributed by atoms with Crippen molar-refractivity contribution in [3.63, 3.8) is 0 Å². The highest BCUT2D eigenvalue weighted by Gasteiger charge is 2.17. The fraction of sp³-hybridized carbons (Fsp3) is 0.231. The number of furan rings is 1. The number of carbonyl (C=O) groups is 1. The maximum atomic E-state index is 12.5. The molecule has 1 fully saturated rings. The minimum atomic E-state index is 0.201. The number of fused-ring (bicyclic) bond motifs is 1. The summed E-state index contributed by atoms with van der Waals surface area (Å²) in [6, 6.07) is 19.3. The lowest BCUT2D eigenvalue weighted by Gasteiger charge is -2.26. The average molecular weight is 562 g/mol. The lowest BCUT2D eigenvalue weighted by atomic mass is 10.1. The highest BCUT2D eigenvalue weighted by molar-refractivity contribution is 8.01. The smallest absolute Gasteiger partial charge is 0.233 e. The largest absolute Gasteiger partial charge is 0.448 e. The van der Waals surface area contributed by atoms with Crippen LogP contribution in [-0.2, 0) is 4.79 Å². The standard InChI is InChI=1S/C26H23N7O2S3/c34-23(32-13-5-2-6-14-32)17-36-26-28-21-11-9-18(15-22(21)37-26)27-16-20-10-12-24(35-20)38-25-29-30-31-33(25)19-7-3-1-4-8-19/h1,3-4,7-12,15-16H,2,5-6,13-14,17H2. The van der Waals surface area contributed by atoms with Crippen molar-refractivity contribution in [3.8, 4) is 5.69 Å². The number of rotatable bonds is 8. The fourth-order valence-corrected chi connectivity index (χ4v) is 6.82. The normalized spacial score (nSPS) is 14.1. The lowest BCUT2D eigenvalue weighted by Crippen LogP contribution is -2.36. The van der Waals surface area contributed by atoms with Crippen molar-refractivity contribution in [2.75, 3.05) is 18.8 Å². The number of para-hydroxylation sites is 1. The number of thioether (sulfide) groups is 1. The van der Waals surface area contributed by atoms with Crippen molar-refractivity contribution in [3.05, 3.63) is 66.4 Å². The Morgan fingerprint density at radius 3 is 2.82 bits per heavy atom. The van der Waals surface area contributed by atoms with Gasteiger partial charge in [0.1, 0.15) is 5.76 Å². The van der Waals surface area contributed by atoms with Gasteiger partial charge in [-0.15, -0.1) is 16.4 Å². The molecule has 0 bridgehead atoms. The van der Waals surface area contributed by atoms with Gasteiger partial charge in [-0.05, 0) is 83.9 Å². The Balaban J connectivity index is 1.09. The lowest BCUT2D eigenvalue weighted by molar-refractivity contribution is -0.129. The van der Waals surface area contributed by atoms with Crippen LogP contribution in [-0.4, -0.2) is 61.1 Å². The molecule has 1 saturated heterocycles.